The molecule has 0 aliphatic heterocycles. The molecule has 0 saturated heterocycles. The van der Waals surface area contributed by atoms with Crippen molar-refractivity contribution in [3.63, 3.8) is 0 Å². The Kier molecular flexibility index (Phi) is 2.31. The van der Waals surface area contributed by atoms with Crippen LogP contribution in [0.3, 0.4) is 0 Å². The van der Waals surface area contributed by atoms with Gasteiger partial charge in [-0.25, -0.2) is 0 Å². The quantitative estimate of drug-likeness (QED) is 0.326. The van der Waals surface area contributed by atoms with Crippen LogP contribution < -0.4 is 0 Å². The zero-order valence-corrected chi connectivity index (χ0v) is 5.00. The van der Waals surface area contributed by atoms with Gasteiger partial charge in [0.1, 0.15) is 0 Å². The molecule has 0 aliphatic rings. The van der Waals surface area contributed by atoms with Crippen LogP contribution in [0.1, 0.15) is 13.8 Å². The Morgan fingerprint density at radius 2 is 2.25 bits per heavy atom. The molecule has 0 bridgehead atoms. The van der Waals surface area contributed by atoms with Crippen LogP contribution in [0, 0.1) is 0 Å². The molecule has 4 nitrogen and oxygen atoms in total. The molecule has 0 saturated carbocycles. The highest BCUT2D eigenvalue weighted by Gasteiger charge is 2.11. The standard InChI is InChI=1S/C4H9N3O/c1-4(2,3-8)6-7-5/h8H,3H2,1-2H3. The maximum Gasteiger partial charge on any atom is 0.0662 e. The molecule has 0 aromatic heterocycles. The van der Waals surface area contributed by atoms with E-state index in [4.69, 9.17) is 10.6 Å². The van der Waals surface area contributed by atoms with E-state index >= 15 is 0 Å². The maximum atomic E-state index is 8.46. The van der Waals surface area contributed by atoms with Crippen LogP contribution in [0.25, 0.3) is 10.4 Å². The van der Waals surface area contributed by atoms with Crippen LogP contribution in [0.2, 0.25) is 0 Å². The van der Waals surface area contributed by atoms with Gasteiger partial charge in [-0.05, 0) is 5.53 Å². The minimum absolute atomic E-state index is 0.114. The monoisotopic (exact) mass is 115 g/mol. The number of aliphatic hydroxyl groups is 1. The lowest BCUT2D eigenvalue weighted by Crippen LogP contribution is -2.20. The molecule has 0 radical (unpaired) electrons. The number of hydrogen-bond acceptors (Lipinski definition) is 2. The zero-order valence-electron chi connectivity index (χ0n) is 5.00. The molecule has 1 N–H and O–H groups in total. The number of hydrogen-bond donors (Lipinski definition) is 1. The van der Waals surface area contributed by atoms with Gasteiger partial charge in [0.2, 0.25) is 0 Å². The third kappa shape index (κ3) is 2.44. The fourth-order valence-corrected chi connectivity index (χ4v) is 0.153. The van der Waals surface area contributed by atoms with E-state index < -0.39 is 5.54 Å². The fraction of sp³-hybridized carbons (Fsp3) is 1.00. The molecule has 0 amide bonds. The number of rotatable bonds is 2. The fourth-order valence-electron chi connectivity index (χ4n) is 0.153. The van der Waals surface area contributed by atoms with E-state index in [0.29, 0.717) is 0 Å². The molecule has 0 spiro atoms. The predicted octanol–water partition coefficient (Wildman–Crippen LogP) is 1.07. The smallest absolute Gasteiger partial charge is 0.0662 e. The molecule has 0 fully saturated rings. The lowest BCUT2D eigenvalue weighted by atomic mass is 10.1. The minimum atomic E-state index is -0.644. The first kappa shape index (κ1) is 7.27. The molecular weight excluding hydrogens is 106 g/mol. The van der Waals surface area contributed by atoms with Gasteiger partial charge in [-0.2, -0.15) is 0 Å². The average molecular weight is 115 g/mol. The van der Waals surface area contributed by atoms with Gasteiger partial charge in [-0.15, -0.1) is 0 Å². The summed E-state index contributed by atoms with van der Waals surface area (Å²) in [5, 5.41) is 11.8. The molecule has 46 valence electrons. The normalized spacial score (nSPS) is 10.4. The van der Waals surface area contributed by atoms with Crippen LogP contribution in [-0.2, 0) is 0 Å². The van der Waals surface area contributed by atoms with Crippen molar-refractivity contribution in [2.45, 2.75) is 19.4 Å². The first-order chi connectivity index (χ1) is 3.62. The topological polar surface area (TPSA) is 69.0 Å². The van der Waals surface area contributed by atoms with Gasteiger partial charge in [0, 0.05) is 4.91 Å². The third-order valence-electron chi connectivity index (χ3n) is 0.702. The van der Waals surface area contributed by atoms with E-state index in [-0.39, 0.29) is 6.61 Å². The van der Waals surface area contributed by atoms with Crippen LogP contribution >= 0.6 is 0 Å². The second kappa shape index (κ2) is 2.55. The Morgan fingerprint density at radius 1 is 1.75 bits per heavy atom. The first-order valence-corrected chi connectivity index (χ1v) is 2.29. The van der Waals surface area contributed by atoms with E-state index in [2.05, 4.69) is 10.0 Å². The Morgan fingerprint density at radius 3 is 2.38 bits per heavy atom. The van der Waals surface area contributed by atoms with Crippen LogP contribution in [0.5, 0.6) is 0 Å². The zero-order chi connectivity index (χ0) is 6.62. The van der Waals surface area contributed by atoms with E-state index in [1.807, 2.05) is 0 Å². The van der Waals surface area contributed by atoms with E-state index in [1.54, 1.807) is 13.8 Å². The van der Waals surface area contributed by atoms with Crippen molar-refractivity contribution in [3.05, 3.63) is 10.4 Å². The summed E-state index contributed by atoms with van der Waals surface area (Å²) in [7, 11) is 0. The van der Waals surface area contributed by atoms with Crippen LogP contribution in [-0.4, -0.2) is 17.3 Å². The summed E-state index contributed by atoms with van der Waals surface area (Å²) in [5.41, 5.74) is 7.24. The molecule has 0 aromatic rings. The van der Waals surface area contributed by atoms with Crippen molar-refractivity contribution in [1.29, 1.82) is 0 Å². The van der Waals surface area contributed by atoms with Gasteiger partial charge >= 0.3 is 0 Å². The highest BCUT2D eigenvalue weighted by Crippen LogP contribution is 2.05. The number of nitrogens with zero attached hydrogens (tertiary/aromatic N) is 3. The first-order valence-electron chi connectivity index (χ1n) is 2.29. The molecule has 0 atom stereocenters. The Labute approximate surface area is 47.8 Å². The van der Waals surface area contributed by atoms with Gasteiger partial charge in [0.25, 0.3) is 0 Å². The summed E-state index contributed by atoms with van der Waals surface area (Å²) in [6, 6.07) is 0. The molecule has 8 heavy (non-hydrogen) atoms. The van der Waals surface area contributed by atoms with Gasteiger partial charge in [0.05, 0.1) is 12.1 Å². The van der Waals surface area contributed by atoms with Crippen LogP contribution in [0.15, 0.2) is 5.11 Å². The van der Waals surface area contributed by atoms with Crippen molar-refractivity contribution < 1.29 is 5.11 Å². The van der Waals surface area contributed by atoms with Crippen molar-refractivity contribution >= 4 is 0 Å². The number of azide groups is 1. The molecule has 0 heterocycles. The molecule has 0 aliphatic carbocycles. The summed E-state index contributed by atoms with van der Waals surface area (Å²) < 4.78 is 0. The van der Waals surface area contributed by atoms with Crippen molar-refractivity contribution in [2.75, 3.05) is 6.61 Å². The second-order valence-corrected chi connectivity index (χ2v) is 2.16. The van der Waals surface area contributed by atoms with Crippen molar-refractivity contribution in [1.82, 2.24) is 0 Å². The second-order valence-electron chi connectivity index (χ2n) is 2.16. The maximum absolute atomic E-state index is 8.46. The SMILES string of the molecule is CC(C)(CO)N=[N+]=[N-]. The van der Waals surface area contributed by atoms with Crippen LogP contribution in [0.4, 0.5) is 0 Å². The summed E-state index contributed by atoms with van der Waals surface area (Å²) in [4.78, 5) is 2.54. The molecule has 4 heteroatoms. The molecule has 0 unspecified atom stereocenters. The van der Waals surface area contributed by atoms with E-state index in [0.717, 1.165) is 0 Å². The predicted molar refractivity (Wildman–Crippen MR) is 30.3 cm³/mol. The lowest BCUT2D eigenvalue weighted by molar-refractivity contribution is 0.221. The average Bonchev–Trinajstić information content (AvgIpc) is 1.67. The van der Waals surface area contributed by atoms with Gasteiger partial charge < -0.3 is 5.11 Å². The highest BCUT2D eigenvalue weighted by molar-refractivity contribution is 4.75. The van der Waals surface area contributed by atoms with Crippen molar-refractivity contribution in [2.24, 2.45) is 5.11 Å². The Bertz CT molecular complexity index is 114. The van der Waals surface area contributed by atoms with Gasteiger partial charge in [-0.1, -0.05) is 19.0 Å². The van der Waals surface area contributed by atoms with E-state index in [1.165, 1.54) is 0 Å². The van der Waals surface area contributed by atoms with Crippen molar-refractivity contribution in [3.8, 4) is 0 Å². The van der Waals surface area contributed by atoms with Gasteiger partial charge in [0.15, 0.2) is 0 Å². The summed E-state index contributed by atoms with van der Waals surface area (Å²) in [6.07, 6.45) is 0. The third-order valence-corrected chi connectivity index (χ3v) is 0.702. The minimum Gasteiger partial charge on any atom is -0.396 e. The highest BCUT2D eigenvalue weighted by atomic mass is 16.3. The summed E-state index contributed by atoms with van der Waals surface area (Å²) in [5.74, 6) is 0. The van der Waals surface area contributed by atoms with Gasteiger partial charge in [-0.3, -0.25) is 0 Å². The molecule has 0 aromatic carbocycles. The molecular formula is C4H9N3O. The Balaban J connectivity index is 3.90. The Hall–Kier alpha value is -0.730. The largest absolute Gasteiger partial charge is 0.396 e. The lowest BCUT2D eigenvalue weighted by Gasteiger charge is -2.11. The van der Waals surface area contributed by atoms with E-state index in [9.17, 15) is 0 Å². The number of aliphatic hydroxyl groups excluding tert-OH is 1. The summed E-state index contributed by atoms with van der Waals surface area (Å²) in [6.45, 7) is 3.20. The summed E-state index contributed by atoms with van der Waals surface area (Å²) >= 11 is 0. The molecule has 0 rings (SSSR count).